The SMILES string of the molecule is CCCCN[C@]1(Cc2nc3ccccc3[nH]2)CC[C@@H](NC2CCCc3cccnc32)CC1. The number of rotatable bonds is 8. The summed E-state index contributed by atoms with van der Waals surface area (Å²) < 4.78 is 0. The predicted octanol–water partition coefficient (Wildman–Crippen LogP) is 5.24. The van der Waals surface area contributed by atoms with Crippen LogP contribution >= 0.6 is 0 Å². The zero-order chi connectivity index (χ0) is 21.8. The monoisotopic (exact) mass is 431 g/mol. The third kappa shape index (κ3) is 4.74. The number of aromatic nitrogens is 3. The molecule has 1 atom stereocenters. The van der Waals surface area contributed by atoms with Crippen molar-refractivity contribution in [1.29, 1.82) is 0 Å². The van der Waals surface area contributed by atoms with Gasteiger partial charge in [-0.3, -0.25) is 4.98 Å². The highest BCUT2D eigenvalue weighted by Gasteiger charge is 2.37. The lowest BCUT2D eigenvalue weighted by atomic mass is 9.76. The van der Waals surface area contributed by atoms with E-state index in [9.17, 15) is 0 Å². The fourth-order valence-corrected chi connectivity index (χ4v) is 5.75. The van der Waals surface area contributed by atoms with Gasteiger partial charge in [0.15, 0.2) is 0 Å². The van der Waals surface area contributed by atoms with Crippen LogP contribution in [0.5, 0.6) is 0 Å². The average Bonchev–Trinajstić information content (AvgIpc) is 3.23. The molecule has 0 bridgehead atoms. The summed E-state index contributed by atoms with van der Waals surface area (Å²) in [5, 5.41) is 7.96. The molecule has 2 aliphatic carbocycles. The largest absolute Gasteiger partial charge is 0.342 e. The number of fused-ring (bicyclic) bond motifs is 2. The molecule has 170 valence electrons. The van der Waals surface area contributed by atoms with E-state index in [4.69, 9.17) is 9.97 Å². The molecular weight excluding hydrogens is 394 g/mol. The number of aromatic amines is 1. The highest BCUT2D eigenvalue weighted by molar-refractivity contribution is 5.74. The lowest BCUT2D eigenvalue weighted by Crippen LogP contribution is -2.53. The first kappa shape index (κ1) is 21.6. The number of hydrogen-bond donors (Lipinski definition) is 3. The maximum Gasteiger partial charge on any atom is 0.109 e. The summed E-state index contributed by atoms with van der Waals surface area (Å²) >= 11 is 0. The predicted molar refractivity (Wildman–Crippen MR) is 131 cm³/mol. The summed E-state index contributed by atoms with van der Waals surface area (Å²) in [7, 11) is 0. The van der Waals surface area contributed by atoms with E-state index in [1.807, 2.05) is 6.20 Å². The van der Waals surface area contributed by atoms with Crippen LogP contribution in [-0.4, -0.2) is 33.1 Å². The van der Waals surface area contributed by atoms with Crippen molar-refractivity contribution in [1.82, 2.24) is 25.6 Å². The van der Waals surface area contributed by atoms with Crippen LogP contribution in [-0.2, 0) is 12.8 Å². The third-order valence-corrected chi connectivity index (χ3v) is 7.55. The zero-order valence-corrected chi connectivity index (χ0v) is 19.4. The summed E-state index contributed by atoms with van der Waals surface area (Å²) in [5.41, 5.74) is 5.09. The van der Waals surface area contributed by atoms with Gasteiger partial charge in [0.25, 0.3) is 0 Å². The van der Waals surface area contributed by atoms with Crippen molar-refractivity contribution in [3.8, 4) is 0 Å². The second kappa shape index (κ2) is 9.72. The van der Waals surface area contributed by atoms with Gasteiger partial charge in [0.1, 0.15) is 5.82 Å². The zero-order valence-electron chi connectivity index (χ0n) is 19.4. The highest BCUT2D eigenvalue weighted by Crippen LogP contribution is 2.35. The summed E-state index contributed by atoms with van der Waals surface area (Å²) in [5.74, 6) is 1.12. The molecule has 3 aromatic rings. The molecule has 0 amide bonds. The van der Waals surface area contributed by atoms with Crippen molar-refractivity contribution in [3.05, 3.63) is 59.7 Å². The number of nitrogens with one attached hydrogen (secondary N) is 3. The normalized spacial score (nSPS) is 25.7. The van der Waals surface area contributed by atoms with E-state index in [-0.39, 0.29) is 5.54 Å². The Balaban J connectivity index is 1.26. The quantitative estimate of drug-likeness (QED) is 0.427. The van der Waals surface area contributed by atoms with Crippen molar-refractivity contribution in [2.24, 2.45) is 0 Å². The van der Waals surface area contributed by atoms with Crippen molar-refractivity contribution >= 4 is 11.0 Å². The Bertz CT molecular complexity index is 985. The first-order valence-electron chi connectivity index (χ1n) is 12.6. The van der Waals surface area contributed by atoms with Gasteiger partial charge in [0.05, 0.1) is 16.7 Å². The van der Waals surface area contributed by atoms with Crippen LogP contribution in [0.4, 0.5) is 0 Å². The molecule has 1 saturated carbocycles. The highest BCUT2D eigenvalue weighted by atomic mass is 15.0. The lowest BCUT2D eigenvalue weighted by Gasteiger charge is -2.42. The maximum atomic E-state index is 4.90. The average molecular weight is 432 g/mol. The molecule has 0 radical (unpaired) electrons. The van der Waals surface area contributed by atoms with Crippen molar-refractivity contribution in [2.75, 3.05) is 6.54 Å². The van der Waals surface area contributed by atoms with Gasteiger partial charge in [-0.05, 0) is 81.7 Å². The van der Waals surface area contributed by atoms with Crippen LogP contribution in [0.3, 0.4) is 0 Å². The van der Waals surface area contributed by atoms with Gasteiger partial charge in [0.2, 0.25) is 0 Å². The van der Waals surface area contributed by atoms with Gasteiger partial charge in [-0.1, -0.05) is 31.5 Å². The Hall–Kier alpha value is -2.24. The Morgan fingerprint density at radius 2 is 1.97 bits per heavy atom. The molecule has 3 N–H and O–H groups in total. The molecule has 0 saturated heterocycles. The van der Waals surface area contributed by atoms with Crippen molar-refractivity contribution in [2.45, 2.75) is 88.8 Å². The van der Waals surface area contributed by atoms with E-state index >= 15 is 0 Å². The maximum absolute atomic E-state index is 4.90. The third-order valence-electron chi connectivity index (χ3n) is 7.55. The minimum atomic E-state index is 0.143. The van der Waals surface area contributed by atoms with E-state index in [1.165, 1.54) is 69.0 Å². The van der Waals surface area contributed by atoms with Crippen molar-refractivity contribution in [3.63, 3.8) is 0 Å². The van der Waals surface area contributed by atoms with Gasteiger partial charge < -0.3 is 15.6 Å². The molecule has 5 heteroatoms. The molecule has 0 aliphatic heterocycles. The van der Waals surface area contributed by atoms with Gasteiger partial charge >= 0.3 is 0 Å². The number of pyridine rings is 1. The number of para-hydroxylation sites is 2. The van der Waals surface area contributed by atoms with Crippen molar-refractivity contribution < 1.29 is 0 Å². The fourth-order valence-electron chi connectivity index (χ4n) is 5.75. The first-order chi connectivity index (χ1) is 15.7. The molecule has 1 unspecified atom stereocenters. The summed E-state index contributed by atoms with van der Waals surface area (Å²) in [6.45, 7) is 3.36. The number of nitrogens with zero attached hydrogens (tertiary/aromatic N) is 2. The summed E-state index contributed by atoms with van der Waals surface area (Å²) in [4.78, 5) is 13.2. The molecule has 32 heavy (non-hydrogen) atoms. The van der Waals surface area contributed by atoms with E-state index < -0.39 is 0 Å². The Labute approximate surface area is 191 Å². The molecule has 0 spiro atoms. The van der Waals surface area contributed by atoms with Gasteiger partial charge in [-0.15, -0.1) is 0 Å². The molecule has 2 aliphatic rings. The minimum Gasteiger partial charge on any atom is -0.342 e. The number of H-pyrrole nitrogens is 1. The molecule has 2 heterocycles. The number of imidazole rings is 1. The Morgan fingerprint density at radius 3 is 2.81 bits per heavy atom. The molecular formula is C27H37N5. The molecule has 5 rings (SSSR count). The van der Waals surface area contributed by atoms with E-state index in [2.05, 4.69) is 58.9 Å². The second-order valence-electron chi connectivity index (χ2n) is 9.87. The summed E-state index contributed by atoms with van der Waals surface area (Å²) in [6.07, 6.45) is 13.8. The minimum absolute atomic E-state index is 0.143. The van der Waals surface area contributed by atoms with Crippen LogP contribution in [0.25, 0.3) is 11.0 Å². The smallest absolute Gasteiger partial charge is 0.109 e. The topological polar surface area (TPSA) is 65.6 Å². The van der Waals surface area contributed by atoms with Gasteiger partial charge in [0, 0.05) is 30.2 Å². The number of hydrogen-bond acceptors (Lipinski definition) is 4. The van der Waals surface area contributed by atoms with Crippen LogP contribution in [0.2, 0.25) is 0 Å². The summed E-state index contributed by atoms with van der Waals surface area (Å²) in [6, 6.07) is 13.7. The van der Waals surface area contributed by atoms with Crippen LogP contribution < -0.4 is 10.6 Å². The van der Waals surface area contributed by atoms with E-state index in [0.29, 0.717) is 12.1 Å². The standard InChI is InChI=1S/C27H37N5/c1-2-3-18-29-27(19-25-31-22-10-4-5-11-23(22)32-25)15-13-21(14-16-27)30-24-12-6-8-20-9-7-17-28-26(20)24/h4-5,7,9-11,17,21,24,29-30H,2-3,6,8,12-16,18-19H2,1H3,(H,31,32)/t21-,24?,27-. The molecule has 2 aromatic heterocycles. The first-order valence-corrected chi connectivity index (χ1v) is 12.6. The fraction of sp³-hybridized carbons (Fsp3) is 0.556. The van der Waals surface area contributed by atoms with E-state index in [0.717, 1.165) is 29.8 Å². The Morgan fingerprint density at radius 1 is 1.09 bits per heavy atom. The number of aryl methyl sites for hydroxylation is 1. The van der Waals surface area contributed by atoms with Crippen LogP contribution in [0.15, 0.2) is 42.6 Å². The second-order valence-corrected chi connectivity index (χ2v) is 9.87. The molecule has 5 nitrogen and oxygen atoms in total. The molecule has 1 fully saturated rings. The molecule has 1 aromatic carbocycles. The number of unbranched alkanes of at least 4 members (excludes halogenated alkanes) is 1. The van der Waals surface area contributed by atoms with E-state index in [1.54, 1.807) is 0 Å². The Kier molecular flexibility index (Phi) is 6.56. The van der Waals surface area contributed by atoms with Gasteiger partial charge in [-0.2, -0.15) is 0 Å². The van der Waals surface area contributed by atoms with Crippen LogP contribution in [0.1, 0.15) is 81.4 Å². The van der Waals surface area contributed by atoms with Gasteiger partial charge in [-0.25, -0.2) is 4.98 Å². The lowest BCUT2D eigenvalue weighted by molar-refractivity contribution is 0.186. The number of benzene rings is 1. The van der Waals surface area contributed by atoms with Crippen LogP contribution in [0, 0.1) is 0 Å².